The molecule has 6 rings (SSSR count). The SMILES string of the molecule is Cn1c(-c2ccccc2)c(-c2ccccc2)c2c1ncn1nc(-c3ccccc3)nc21. The van der Waals surface area contributed by atoms with Crippen molar-refractivity contribution in [3.05, 3.63) is 97.3 Å². The second-order valence-electron chi connectivity index (χ2n) is 7.53. The van der Waals surface area contributed by atoms with Gasteiger partial charge in [-0.2, -0.15) is 0 Å². The predicted octanol–water partition coefficient (Wildman–Crippen LogP) is 5.62. The van der Waals surface area contributed by atoms with Crippen LogP contribution in [0.4, 0.5) is 0 Å². The van der Waals surface area contributed by atoms with Crippen molar-refractivity contribution in [1.29, 1.82) is 0 Å². The van der Waals surface area contributed by atoms with Crippen LogP contribution in [-0.2, 0) is 7.05 Å². The summed E-state index contributed by atoms with van der Waals surface area (Å²) < 4.78 is 3.94. The van der Waals surface area contributed by atoms with Gasteiger partial charge in [0.25, 0.3) is 0 Å². The first-order valence-corrected chi connectivity index (χ1v) is 10.2. The first kappa shape index (κ1) is 17.6. The Morgan fingerprint density at radius 1 is 0.645 bits per heavy atom. The van der Waals surface area contributed by atoms with Gasteiger partial charge in [0, 0.05) is 18.2 Å². The monoisotopic (exact) mass is 401 g/mol. The van der Waals surface area contributed by atoms with Gasteiger partial charge < -0.3 is 4.57 Å². The fraction of sp³-hybridized carbons (Fsp3) is 0.0385. The normalized spacial score (nSPS) is 11.4. The van der Waals surface area contributed by atoms with Crippen molar-refractivity contribution in [3.8, 4) is 33.8 Å². The van der Waals surface area contributed by atoms with Crippen LogP contribution in [0, 0.1) is 0 Å². The highest BCUT2D eigenvalue weighted by molar-refractivity contribution is 6.09. The Bertz CT molecular complexity index is 1510. The van der Waals surface area contributed by atoms with Gasteiger partial charge in [-0.3, -0.25) is 0 Å². The van der Waals surface area contributed by atoms with Gasteiger partial charge in [0.1, 0.15) is 12.0 Å². The van der Waals surface area contributed by atoms with E-state index in [0.717, 1.165) is 44.6 Å². The number of rotatable bonds is 3. The highest BCUT2D eigenvalue weighted by Gasteiger charge is 2.23. The summed E-state index contributed by atoms with van der Waals surface area (Å²) in [7, 11) is 2.06. The van der Waals surface area contributed by atoms with Crippen LogP contribution in [0.5, 0.6) is 0 Å². The number of aryl methyl sites for hydroxylation is 1. The Morgan fingerprint density at radius 2 is 1.23 bits per heavy atom. The lowest BCUT2D eigenvalue weighted by Gasteiger charge is -2.08. The molecule has 31 heavy (non-hydrogen) atoms. The number of aromatic nitrogens is 5. The number of benzene rings is 3. The molecule has 0 unspecified atom stereocenters. The zero-order valence-corrected chi connectivity index (χ0v) is 17.0. The number of nitrogens with zero attached hydrogens (tertiary/aromatic N) is 5. The zero-order chi connectivity index (χ0) is 20.8. The molecule has 0 aliphatic rings. The zero-order valence-electron chi connectivity index (χ0n) is 17.0. The van der Waals surface area contributed by atoms with E-state index in [1.54, 1.807) is 10.8 Å². The average Bonchev–Trinajstić information content (AvgIpc) is 3.40. The number of hydrogen-bond acceptors (Lipinski definition) is 3. The summed E-state index contributed by atoms with van der Waals surface area (Å²) in [6, 6.07) is 30.9. The molecule has 0 aliphatic heterocycles. The first-order chi connectivity index (χ1) is 15.3. The van der Waals surface area contributed by atoms with Crippen molar-refractivity contribution >= 4 is 16.7 Å². The molecule has 0 spiro atoms. The van der Waals surface area contributed by atoms with E-state index in [9.17, 15) is 0 Å². The minimum Gasteiger partial charge on any atom is -0.328 e. The number of hydrogen-bond donors (Lipinski definition) is 0. The van der Waals surface area contributed by atoms with Crippen LogP contribution in [0.15, 0.2) is 97.3 Å². The third-order valence-corrected chi connectivity index (χ3v) is 5.65. The van der Waals surface area contributed by atoms with E-state index < -0.39 is 0 Å². The molecule has 3 aromatic carbocycles. The summed E-state index contributed by atoms with van der Waals surface area (Å²) in [6.45, 7) is 0. The lowest BCUT2D eigenvalue weighted by atomic mass is 9.99. The molecule has 0 N–H and O–H groups in total. The molecule has 3 heterocycles. The standard InChI is InChI=1S/C26H19N5/c1-30-23(19-13-7-3-8-14-19)21(18-11-5-2-6-12-18)22-25(30)27-17-31-26(22)28-24(29-31)20-15-9-4-10-16-20/h2-17H,1H3. The summed E-state index contributed by atoms with van der Waals surface area (Å²) in [5.41, 5.74) is 7.19. The van der Waals surface area contributed by atoms with Crippen LogP contribution in [-0.4, -0.2) is 24.1 Å². The molecule has 0 saturated carbocycles. The van der Waals surface area contributed by atoms with Crippen molar-refractivity contribution in [3.63, 3.8) is 0 Å². The van der Waals surface area contributed by atoms with E-state index in [1.807, 2.05) is 42.5 Å². The maximum atomic E-state index is 4.94. The predicted molar refractivity (Wildman–Crippen MR) is 124 cm³/mol. The molecule has 0 bridgehead atoms. The van der Waals surface area contributed by atoms with E-state index in [2.05, 4.69) is 60.1 Å². The average molecular weight is 401 g/mol. The summed E-state index contributed by atoms with van der Waals surface area (Å²) >= 11 is 0. The molecular weight excluding hydrogens is 382 g/mol. The molecular formula is C26H19N5. The molecule has 3 aromatic heterocycles. The van der Waals surface area contributed by atoms with Crippen LogP contribution in [0.2, 0.25) is 0 Å². The molecule has 0 saturated heterocycles. The summed E-state index contributed by atoms with van der Waals surface area (Å²) in [5.74, 6) is 0.694. The molecule has 5 heteroatoms. The van der Waals surface area contributed by atoms with Gasteiger partial charge in [0.2, 0.25) is 0 Å². The van der Waals surface area contributed by atoms with Gasteiger partial charge in [0.15, 0.2) is 11.5 Å². The molecule has 0 aliphatic carbocycles. The van der Waals surface area contributed by atoms with Crippen LogP contribution >= 0.6 is 0 Å². The Morgan fingerprint density at radius 3 is 1.87 bits per heavy atom. The first-order valence-electron chi connectivity index (χ1n) is 10.2. The van der Waals surface area contributed by atoms with E-state index >= 15 is 0 Å². The van der Waals surface area contributed by atoms with Crippen LogP contribution in [0.3, 0.4) is 0 Å². The Labute approximate surface area is 179 Å². The molecule has 0 atom stereocenters. The lowest BCUT2D eigenvalue weighted by Crippen LogP contribution is -1.95. The third-order valence-electron chi connectivity index (χ3n) is 5.65. The van der Waals surface area contributed by atoms with Crippen LogP contribution in [0.1, 0.15) is 0 Å². The van der Waals surface area contributed by atoms with E-state index in [1.165, 1.54) is 0 Å². The Hall–Kier alpha value is -4.25. The van der Waals surface area contributed by atoms with Gasteiger partial charge in [0.05, 0.1) is 11.1 Å². The van der Waals surface area contributed by atoms with Crippen molar-refractivity contribution in [2.24, 2.45) is 7.05 Å². The molecule has 5 nitrogen and oxygen atoms in total. The third kappa shape index (κ3) is 2.74. The van der Waals surface area contributed by atoms with Crippen LogP contribution in [0.25, 0.3) is 50.5 Å². The van der Waals surface area contributed by atoms with Crippen molar-refractivity contribution in [2.75, 3.05) is 0 Å². The van der Waals surface area contributed by atoms with Crippen molar-refractivity contribution in [2.45, 2.75) is 0 Å². The van der Waals surface area contributed by atoms with Gasteiger partial charge in [-0.05, 0) is 11.1 Å². The fourth-order valence-electron chi connectivity index (χ4n) is 4.25. The quantitative estimate of drug-likeness (QED) is 0.387. The maximum absolute atomic E-state index is 4.94. The number of fused-ring (bicyclic) bond motifs is 3. The molecule has 0 radical (unpaired) electrons. The highest BCUT2D eigenvalue weighted by atomic mass is 15.3. The van der Waals surface area contributed by atoms with E-state index in [0.29, 0.717) is 5.82 Å². The summed E-state index contributed by atoms with van der Waals surface area (Å²) in [5, 5.41) is 5.72. The minimum absolute atomic E-state index is 0.694. The second-order valence-corrected chi connectivity index (χ2v) is 7.53. The lowest BCUT2D eigenvalue weighted by molar-refractivity contribution is 0.910. The van der Waals surface area contributed by atoms with Gasteiger partial charge in [-0.25, -0.2) is 14.5 Å². The maximum Gasteiger partial charge on any atom is 0.182 e. The molecule has 0 fully saturated rings. The smallest absolute Gasteiger partial charge is 0.182 e. The van der Waals surface area contributed by atoms with Crippen molar-refractivity contribution in [1.82, 2.24) is 24.1 Å². The van der Waals surface area contributed by atoms with Crippen molar-refractivity contribution < 1.29 is 0 Å². The van der Waals surface area contributed by atoms with Crippen LogP contribution < -0.4 is 0 Å². The molecule has 0 amide bonds. The van der Waals surface area contributed by atoms with E-state index in [-0.39, 0.29) is 0 Å². The fourth-order valence-corrected chi connectivity index (χ4v) is 4.25. The van der Waals surface area contributed by atoms with Gasteiger partial charge >= 0.3 is 0 Å². The summed E-state index contributed by atoms with van der Waals surface area (Å²) in [4.78, 5) is 9.72. The molecule has 148 valence electrons. The largest absolute Gasteiger partial charge is 0.328 e. The molecule has 6 aromatic rings. The topological polar surface area (TPSA) is 48.0 Å². The van der Waals surface area contributed by atoms with Gasteiger partial charge in [-0.15, -0.1) is 5.10 Å². The van der Waals surface area contributed by atoms with Gasteiger partial charge in [-0.1, -0.05) is 91.0 Å². The Kier molecular flexibility index (Phi) is 3.93. The van der Waals surface area contributed by atoms with E-state index in [4.69, 9.17) is 15.1 Å². The second kappa shape index (κ2) is 6.92. The minimum atomic E-state index is 0.694. The Balaban J connectivity index is 1.74. The summed E-state index contributed by atoms with van der Waals surface area (Å²) in [6.07, 6.45) is 1.75. The highest BCUT2D eigenvalue weighted by Crippen LogP contribution is 2.41.